The Bertz CT molecular complexity index is 1120. The molecule has 1 unspecified atom stereocenters. The molecule has 6 nitrogen and oxygen atoms in total. The van der Waals surface area contributed by atoms with Crippen molar-refractivity contribution in [2.45, 2.75) is 33.4 Å². The molecule has 3 aromatic rings. The number of fused-ring (bicyclic) bond motifs is 1. The molecule has 1 aromatic heterocycles. The van der Waals surface area contributed by atoms with Gasteiger partial charge < -0.3 is 9.80 Å². The van der Waals surface area contributed by atoms with E-state index in [0.717, 1.165) is 12.1 Å². The molecule has 1 fully saturated rings. The summed E-state index contributed by atoms with van der Waals surface area (Å²) in [6.45, 7) is 8.03. The second-order valence-corrected chi connectivity index (χ2v) is 7.80. The van der Waals surface area contributed by atoms with E-state index in [1.54, 1.807) is 11.5 Å². The standard InChI is InChI=1S/C23H26N4O2/c1-16-7-6-8-19(13-16)26-12-11-25(14-17(26)2)22(28)15-27-21-10-5-4-9-20(21)24-18(3)23(27)29/h4-10,13,17H,11-12,14-15H2,1-3H3. The second kappa shape index (κ2) is 7.70. The number of carbonyl (C=O) groups excluding carboxylic acids is 1. The van der Waals surface area contributed by atoms with Gasteiger partial charge in [0, 0.05) is 31.4 Å². The highest BCUT2D eigenvalue weighted by molar-refractivity contribution is 5.80. The van der Waals surface area contributed by atoms with Gasteiger partial charge in [-0.05, 0) is 50.6 Å². The van der Waals surface area contributed by atoms with Crippen LogP contribution < -0.4 is 10.5 Å². The summed E-state index contributed by atoms with van der Waals surface area (Å²) in [5.41, 5.74) is 4.06. The van der Waals surface area contributed by atoms with Gasteiger partial charge in [-0.1, -0.05) is 24.3 Å². The van der Waals surface area contributed by atoms with E-state index < -0.39 is 0 Å². The zero-order valence-corrected chi connectivity index (χ0v) is 17.1. The van der Waals surface area contributed by atoms with E-state index in [-0.39, 0.29) is 24.1 Å². The van der Waals surface area contributed by atoms with Crippen LogP contribution in [0.25, 0.3) is 11.0 Å². The molecule has 1 saturated heterocycles. The summed E-state index contributed by atoms with van der Waals surface area (Å²) in [7, 11) is 0. The molecule has 1 amide bonds. The Balaban J connectivity index is 1.53. The predicted octanol–water partition coefficient (Wildman–Crippen LogP) is 2.75. The fourth-order valence-corrected chi connectivity index (χ4v) is 4.09. The van der Waals surface area contributed by atoms with Gasteiger partial charge in [0.1, 0.15) is 12.2 Å². The summed E-state index contributed by atoms with van der Waals surface area (Å²) < 4.78 is 1.55. The van der Waals surface area contributed by atoms with Crippen molar-refractivity contribution in [3.8, 4) is 0 Å². The molecule has 0 N–H and O–H groups in total. The lowest BCUT2D eigenvalue weighted by atomic mass is 10.1. The smallest absolute Gasteiger partial charge is 0.272 e. The highest BCUT2D eigenvalue weighted by atomic mass is 16.2. The van der Waals surface area contributed by atoms with Gasteiger partial charge in [0.05, 0.1) is 11.0 Å². The number of anilines is 1. The quantitative estimate of drug-likeness (QED) is 0.690. The fraction of sp³-hybridized carbons (Fsp3) is 0.348. The highest BCUT2D eigenvalue weighted by Gasteiger charge is 2.27. The first-order valence-electron chi connectivity index (χ1n) is 10.0. The number of aryl methyl sites for hydroxylation is 2. The molecule has 0 spiro atoms. The molecular formula is C23H26N4O2. The van der Waals surface area contributed by atoms with Gasteiger partial charge in [-0.2, -0.15) is 0 Å². The Hall–Kier alpha value is -3.15. The van der Waals surface area contributed by atoms with Crippen LogP contribution in [0.5, 0.6) is 0 Å². The molecule has 150 valence electrons. The van der Waals surface area contributed by atoms with Gasteiger partial charge in [-0.15, -0.1) is 0 Å². The van der Waals surface area contributed by atoms with E-state index >= 15 is 0 Å². The molecule has 0 saturated carbocycles. The van der Waals surface area contributed by atoms with Crippen LogP contribution in [0, 0.1) is 13.8 Å². The van der Waals surface area contributed by atoms with Gasteiger partial charge >= 0.3 is 0 Å². The van der Waals surface area contributed by atoms with E-state index in [9.17, 15) is 9.59 Å². The van der Waals surface area contributed by atoms with Crippen LogP contribution in [0.1, 0.15) is 18.2 Å². The summed E-state index contributed by atoms with van der Waals surface area (Å²) in [5.74, 6) is -0.0291. The predicted molar refractivity (Wildman–Crippen MR) is 115 cm³/mol. The lowest BCUT2D eigenvalue weighted by molar-refractivity contribution is -0.132. The van der Waals surface area contributed by atoms with Crippen molar-refractivity contribution in [1.29, 1.82) is 0 Å². The van der Waals surface area contributed by atoms with E-state index in [2.05, 4.69) is 48.0 Å². The second-order valence-electron chi connectivity index (χ2n) is 7.80. The number of hydrogen-bond donors (Lipinski definition) is 0. The number of piperazine rings is 1. The van der Waals surface area contributed by atoms with Gasteiger partial charge in [-0.3, -0.25) is 14.2 Å². The number of carbonyl (C=O) groups is 1. The Morgan fingerprint density at radius 2 is 1.90 bits per heavy atom. The first kappa shape index (κ1) is 19.2. The number of rotatable bonds is 3. The lowest BCUT2D eigenvalue weighted by Crippen LogP contribution is -2.54. The van der Waals surface area contributed by atoms with E-state index in [0.29, 0.717) is 24.3 Å². The first-order chi connectivity index (χ1) is 13.9. The Labute approximate surface area is 170 Å². The maximum atomic E-state index is 13.0. The summed E-state index contributed by atoms with van der Waals surface area (Å²) in [5, 5.41) is 0. The van der Waals surface area contributed by atoms with E-state index in [1.807, 2.05) is 29.2 Å². The van der Waals surface area contributed by atoms with Crippen molar-refractivity contribution in [2.24, 2.45) is 0 Å². The molecule has 1 aliphatic rings. The van der Waals surface area contributed by atoms with Crippen molar-refractivity contribution < 1.29 is 4.79 Å². The lowest BCUT2D eigenvalue weighted by Gasteiger charge is -2.41. The molecule has 0 aliphatic carbocycles. The molecule has 6 heteroatoms. The largest absolute Gasteiger partial charge is 0.365 e. The molecule has 2 aromatic carbocycles. The van der Waals surface area contributed by atoms with Crippen molar-refractivity contribution in [3.63, 3.8) is 0 Å². The minimum Gasteiger partial charge on any atom is -0.365 e. The van der Waals surface area contributed by atoms with Gasteiger partial charge in [0.25, 0.3) is 5.56 Å². The Kier molecular flexibility index (Phi) is 5.09. The maximum absolute atomic E-state index is 13.0. The van der Waals surface area contributed by atoms with Crippen LogP contribution in [0.15, 0.2) is 53.3 Å². The molecule has 0 radical (unpaired) electrons. The number of amides is 1. The molecular weight excluding hydrogens is 364 g/mol. The van der Waals surface area contributed by atoms with E-state index in [1.165, 1.54) is 11.3 Å². The van der Waals surface area contributed by atoms with E-state index in [4.69, 9.17) is 0 Å². The van der Waals surface area contributed by atoms with Gasteiger partial charge in [0.15, 0.2) is 0 Å². The molecule has 2 heterocycles. The Morgan fingerprint density at radius 3 is 2.66 bits per heavy atom. The summed E-state index contributed by atoms with van der Waals surface area (Å²) in [6.07, 6.45) is 0. The number of nitrogens with zero attached hydrogens (tertiary/aromatic N) is 4. The number of benzene rings is 2. The average molecular weight is 390 g/mol. The van der Waals surface area contributed by atoms with Crippen molar-refractivity contribution >= 4 is 22.6 Å². The summed E-state index contributed by atoms with van der Waals surface area (Å²) in [4.78, 5) is 34.3. The zero-order valence-electron chi connectivity index (χ0n) is 17.1. The Morgan fingerprint density at radius 1 is 1.10 bits per heavy atom. The SMILES string of the molecule is Cc1cccc(N2CCN(C(=O)Cn3c(=O)c(C)nc4ccccc43)CC2C)c1. The molecule has 4 rings (SSSR count). The van der Waals surface area contributed by atoms with Crippen molar-refractivity contribution in [1.82, 2.24) is 14.5 Å². The minimum absolute atomic E-state index is 0.0291. The molecule has 29 heavy (non-hydrogen) atoms. The number of hydrogen-bond acceptors (Lipinski definition) is 4. The van der Waals surface area contributed by atoms with Gasteiger partial charge in [-0.25, -0.2) is 4.98 Å². The topological polar surface area (TPSA) is 58.4 Å². The maximum Gasteiger partial charge on any atom is 0.272 e. The number of aromatic nitrogens is 2. The average Bonchev–Trinajstić information content (AvgIpc) is 2.71. The number of para-hydroxylation sites is 2. The summed E-state index contributed by atoms with van der Waals surface area (Å²) >= 11 is 0. The van der Waals surface area contributed by atoms with Gasteiger partial charge in [0.2, 0.25) is 5.91 Å². The third kappa shape index (κ3) is 3.75. The van der Waals surface area contributed by atoms with Crippen LogP contribution in [0.3, 0.4) is 0 Å². The van der Waals surface area contributed by atoms with Crippen molar-refractivity contribution in [3.05, 3.63) is 70.1 Å². The van der Waals surface area contributed by atoms with Crippen LogP contribution >= 0.6 is 0 Å². The highest BCUT2D eigenvalue weighted by Crippen LogP contribution is 2.22. The van der Waals surface area contributed by atoms with Crippen LogP contribution in [0.2, 0.25) is 0 Å². The molecule has 1 atom stereocenters. The summed E-state index contributed by atoms with van der Waals surface area (Å²) in [6, 6.07) is 16.1. The van der Waals surface area contributed by atoms with Crippen LogP contribution in [-0.4, -0.2) is 46.0 Å². The fourth-order valence-electron chi connectivity index (χ4n) is 4.09. The van der Waals surface area contributed by atoms with Crippen LogP contribution in [0.4, 0.5) is 5.69 Å². The zero-order chi connectivity index (χ0) is 20.5. The minimum atomic E-state index is -0.205. The monoisotopic (exact) mass is 390 g/mol. The van der Waals surface area contributed by atoms with Crippen LogP contribution in [-0.2, 0) is 11.3 Å². The first-order valence-corrected chi connectivity index (χ1v) is 10.0. The third-order valence-electron chi connectivity index (χ3n) is 5.62. The molecule has 1 aliphatic heterocycles. The van der Waals surface area contributed by atoms with Crippen molar-refractivity contribution in [2.75, 3.05) is 24.5 Å². The normalized spacial score (nSPS) is 17.0. The third-order valence-corrected chi connectivity index (χ3v) is 5.62. The molecule has 0 bridgehead atoms.